The first-order valence-electron chi connectivity index (χ1n) is 9.12. The van der Waals surface area contributed by atoms with Gasteiger partial charge in [0.05, 0.1) is 6.54 Å². The Morgan fingerprint density at radius 2 is 1.86 bits per heavy atom. The Morgan fingerprint density at radius 1 is 1.07 bits per heavy atom. The molecule has 0 atom stereocenters. The fourth-order valence-electron chi connectivity index (χ4n) is 2.90. The first-order valence-corrected chi connectivity index (χ1v) is 9.91. The lowest BCUT2D eigenvalue weighted by molar-refractivity contribution is -0.121. The van der Waals surface area contributed by atoms with Crippen molar-refractivity contribution < 1.29 is 19.1 Å². The first kappa shape index (κ1) is 20.1. The van der Waals surface area contributed by atoms with Gasteiger partial charge < -0.3 is 15.4 Å². The van der Waals surface area contributed by atoms with Crippen molar-refractivity contribution in [1.29, 1.82) is 0 Å². The van der Waals surface area contributed by atoms with E-state index in [0.717, 1.165) is 15.7 Å². The quantitative estimate of drug-likeness (QED) is 0.481. The molecule has 28 heavy (non-hydrogen) atoms. The van der Waals surface area contributed by atoms with Crippen molar-refractivity contribution in [3.05, 3.63) is 58.1 Å². The fraction of sp³-hybridized carbons (Fsp3) is 0.286. The Bertz CT molecular complexity index is 880. The molecule has 7 heteroatoms. The van der Waals surface area contributed by atoms with Crippen LogP contribution in [0.15, 0.2) is 46.9 Å². The van der Waals surface area contributed by atoms with Crippen molar-refractivity contribution in [2.45, 2.75) is 25.7 Å². The van der Waals surface area contributed by atoms with Gasteiger partial charge in [-0.2, -0.15) is 0 Å². The molecule has 0 saturated heterocycles. The molecule has 2 aromatic carbocycles. The van der Waals surface area contributed by atoms with Crippen LogP contribution in [0.4, 0.5) is 5.69 Å². The van der Waals surface area contributed by atoms with Crippen molar-refractivity contribution in [3.63, 3.8) is 0 Å². The standard InChI is InChI=1S/C21H21BrN2O4/c22-16-4-1-14(2-5-16)19(25)8-10-20(26)23-11-12-28-17-6-7-18-15(13-17)3-9-21(27)24-18/h1-2,4-7,13H,3,8-12H2,(H,23,26)(H,24,27). The number of Topliss-reactive ketones (excluding diaryl/α,β-unsaturated/α-hetero) is 1. The summed E-state index contributed by atoms with van der Waals surface area (Å²) in [5.41, 5.74) is 2.47. The minimum Gasteiger partial charge on any atom is -0.492 e. The summed E-state index contributed by atoms with van der Waals surface area (Å²) in [5.74, 6) is 0.499. The molecule has 1 aliphatic rings. The zero-order chi connectivity index (χ0) is 19.9. The third-order valence-corrected chi connectivity index (χ3v) is 4.94. The molecule has 0 fully saturated rings. The van der Waals surface area contributed by atoms with Gasteiger partial charge in [0.1, 0.15) is 12.4 Å². The van der Waals surface area contributed by atoms with Crippen LogP contribution in [0.1, 0.15) is 35.2 Å². The summed E-state index contributed by atoms with van der Waals surface area (Å²) in [6.45, 7) is 0.691. The van der Waals surface area contributed by atoms with Gasteiger partial charge in [-0.05, 0) is 42.3 Å². The highest BCUT2D eigenvalue weighted by molar-refractivity contribution is 9.10. The van der Waals surface area contributed by atoms with Gasteiger partial charge in [0, 0.05) is 35.0 Å². The molecule has 0 unspecified atom stereocenters. The molecule has 2 N–H and O–H groups in total. The zero-order valence-electron chi connectivity index (χ0n) is 15.3. The maximum absolute atomic E-state index is 12.1. The normalized spacial score (nSPS) is 12.7. The van der Waals surface area contributed by atoms with Crippen LogP contribution >= 0.6 is 15.9 Å². The first-order chi connectivity index (χ1) is 13.5. The number of nitrogens with one attached hydrogen (secondary N) is 2. The van der Waals surface area contributed by atoms with Gasteiger partial charge in [0.15, 0.2) is 5.78 Å². The number of hydrogen-bond donors (Lipinski definition) is 2. The van der Waals surface area contributed by atoms with E-state index in [1.54, 1.807) is 30.3 Å². The van der Waals surface area contributed by atoms with Crippen molar-refractivity contribution >= 4 is 39.2 Å². The smallest absolute Gasteiger partial charge is 0.224 e. The van der Waals surface area contributed by atoms with Crippen LogP contribution in [0.3, 0.4) is 0 Å². The summed E-state index contributed by atoms with van der Waals surface area (Å²) in [6, 6.07) is 12.6. The van der Waals surface area contributed by atoms with Gasteiger partial charge in [-0.1, -0.05) is 28.1 Å². The van der Waals surface area contributed by atoms with Crippen LogP contribution in [-0.4, -0.2) is 30.7 Å². The minimum absolute atomic E-state index is 0.0301. The number of carbonyl (C=O) groups is 3. The van der Waals surface area contributed by atoms with Crippen molar-refractivity contribution in [2.24, 2.45) is 0 Å². The van der Waals surface area contributed by atoms with E-state index in [-0.39, 0.29) is 30.4 Å². The molecule has 1 heterocycles. The molecule has 3 rings (SSSR count). The van der Waals surface area contributed by atoms with E-state index in [9.17, 15) is 14.4 Å². The number of hydrogen-bond acceptors (Lipinski definition) is 4. The van der Waals surface area contributed by atoms with Gasteiger partial charge >= 0.3 is 0 Å². The SMILES string of the molecule is O=C(CCC(=O)c1ccc(Br)cc1)NCCOc1ccc2c(c1)CCC(=O)N2. The highest BCUT2D eigenvalue weighted by Gasteiger charge is 2.15. The molecule has 2 aromatic rings. The number of rotatable bonds is 8. The largest absolute Gasteiger partial charge is 0.492 e. The molecule has 146 valence electrons. The van der Waals surface area contributed by atoms with Gasteiger partial charge in [0.25, 0.3) is 0 Å². The summed E-state index contributed by atoms with van der Waals surface area (Å²) >= 11 is 3.33. The monoisotopic (exact) mass is 444 g/mol. The molecule has 0 saturated carbocycles. The summed E-state index contributed by atoms with van der Waals surface area (Å²) in [4.78, 5) is 35.3. The van der Waals surface area contributed by atoms with Crippen LogP contribution in [0.25, 0.3) is 0 Å². The number of aryl methyl sites for hydroxylation is 1. The Balaban J connectivity index is 1.36. The summed E-state index contributed by atoms with van der Waals surface area (Å²) in [6.07, 6.45) is 1.49. The Morgan fingerprint density at radius 3 is 2.64 bits per heavy atom. The molecule has 0 radical (unpaired) electrons. The Kier molecular flexibility index (Phi) is 6.81. The van der Waals surface area contributed by atoms with E-state index in [2.05, 4.69) is 26.6 Å². The van der Waals surface area contributed by atoms with E-state index in [1.807, 2.05) is 12.1 Å². The number of fused-ring (bicyclic) bond motifs is 1. The molecule has 1 aliphatic heterocycles. The molecular weight excluding hydrogens is 424 g/mol. The maximum atomic E-state index is 12.1. The van der Waals surface area contributed by atoms with E-state index in [1.165, 1.54) is 0 Å². The second-order valence-electron chi connectivity index (χ2n) is 6.50. The number of ether oxygens (including phenoxy) is 1. The number of benzene rings is 2. The molecular formula is C21H21BrN2O4. The van der Waals surface area contributed by atoms with E-state index in [4.69, 9.17) is 4.74 Å². The average Bonchev–Trinajstić information content (AvgIpc) is 2.70. The van der Waals surface area contributed by atoms with Crippen molar-refractivity contribution in [2.75, 3.05) is 18.5 Å². The lowest BCUT2D eigenvalue weighted by atomic mass is 10.0. The predicted octanol–water partition coefficient (Wildman–Crippen LogP) is 3.49. The lowest BCUT2D eigenvalue weighted by Crippen LogP contribution is -2.28. The van der Waals surface area contributed by atoms with E-state index < -0.39 is 0 Å². The summed E-state index contributed by atoms with van der Waals surface area (Å²) in [7, 11) is 0. The Labute approximate surface area is 171 Å². The van der Waals surface area contributed by atoms with Crippen molar-refractivity contribution in [1.82, 2.24) is 5.32 Å². The number of anilines is 1. The van der Waals surface area contributed by atoms with Gasteiger partial charge in [-0.15, -0.1) is 0 Å². The van der Waals surface area contributed by atoms with E-state index >= 15 is 0 Å². The molecule has 0 aromatic heterocycles. The van der Waals surface area contributed by atoms with Crippen molar-refractivity contribution in [3.8, 4) is 5.75 Å². The van der Waals surface area contributed by atoms with Gasteiger partial charge in [-0.25, -0.2) is 0 Å². The lowest BCUT2D eigenvalue weighted by Gasteiger charge is -2.17. The number of ketones is 1. The molecule has 0 spiro atoms. The average molecular weight is 445 g/mol. The zero-order valence-corrected chi connectivity index (χ0v) is 16.9. The van der Waals surface area contributed by atoms with Crippen LogP contribution in [0, 0.1) is 0 Å². The predicted molar refractivity (Wildman–Crippen MR) is 110 cm³/mol. The van der Waals surface area contributed by atoms with Gasteiger partial charge in [-0.3, -0.25) is 14.4 Å². The van der Waals surface area contributed by atoms with Crippen LogP contribution < -0.4 is 15.4 Å². The summed E-state index contributed by atoms with van der Waals surface area (Å²) < 4.78 is 6.56. The third-order valence-electron chi connectivity index (χ3n) is 4.41. The number of amides is 2. The number of halogens is 1. The topological polar surface area (TPSA) is 84.5 Å². The van der Waals surface area contributed by atoms with Crippen LogP contribution in [0.5, 0.6) is 5.75 Å². The highest BCUT2D eigenvalue weighted by Crippen LogP contribution is 2.26. The van der Waals surface area contributed by atoms with Crippen LogP contribution in [0.2, 0.25) is 0 Å². The second-order valence-corrected chi connectivity index (χ2v) is 7.41. The third kappa shape index (κ3) is 5.66. The fourth-order valence-corrected chi connectivity index (χ4v) is 3.17. The highest BCUT2D eigenvalue weighted by atomic mass is 79.9. The second kappa shape index (κ2) is 9.50. The number of carbonyl (C=O) groups excluding carboxylic acids is 3. The molecule has 0 bridgehead atoms. The Hall–Kier alpha value is -2.67. The molecule has 0 aliphatic carbocycles. The van der Waals surface area contributed by atoms with Crippen LogP contribution in [-0.2, 0) is 16.0 Å². The molecule has 2 amide bonds. The van der Waals surface area contributed by atoms with Gasteiger partial charge in [0.2, 0.25) is 11.8 Å². The minimum atomic E-state index is -0.179. The summed E-state index contributed by atoms with van der Waals surface area (Å²) in [5, 5.41) is 5.58. The molecule has 6 nitrogen and oxygen atoms in total. The maximum Gasteiger partial charge on any atom is 0.224 e. The van der Waals surface area contributed by atoms with E-state index in [0.29, 0.717) is 37.3 Å².